The predicted molar refractivity (Wildman–Crippen MR) is 36.4 cm³/mol. The second-order valence-corrected chi connectivity index (χ2v) is 3.27. The van der Waals surface area contributed by atoms with Gasteiger partial charge in [-0.2, -0.15) is 10.5 Å². The molecule has 0 aromatic rings. The van der Waals surface area contributed by atoms with E-state index >= 15 is 0 Å². The fourth-order valence-electron chi connectivity index (χ4n) is 0. The van der Waals surface area contributed by atoms with Crippen molar-refractivity contribution in [1.29, 1.82) is 10.5 Å². The Morgan fingerprint density at radius 1 is 0.846 bits per heavy atom. The molecule has 0 radical (unpaired) electrons. The van der Waals surface area contributed by atoms with Gasteiger partial charge in [-0.15, -0.1) is 0 Å². The second kappa shape index (κ2) is 7.46. The summed E-state index contributed by atoms with van der Waals surface area (Å²) in [4.78, 5) is 0. The van der Waals surface area contributed by atoms with E-state index in [1.165, 1.54) is 0 Å². The van der Waals surface area contributed by atoms with Gasteiger partial charge >= 0.3 is 37.7 Å². The Morgan fingerprint density at radius 3 is 0.923 bits per heavy atom. The Hall–Kier alpha value is 0.0597. The molecule has 68 valence electrons. The van der Waals surface area contributed by atoms with E-state index < -0.39 is 20.2 Å². The van der Waals surface area contributed by atoms with Gasteiger partial charge < -0.3 is 9.11 Å². The van der Waals surface area contributed by atoms with Gasteiger partial charge in [-0.3, -0.25) is 0 Å². The molecule has 0 atom stereocenters. The Bertz CT molecular complexity index is 367. The normalized spacial score (nSPS) is 9.23. The summed E-state index contributed by atoms with van der Waals surface area (Å²) in [6.07, 6.45) is 0. The molecule has 0 saturated heterocycles. The summed E-state index contributed by atoms with van der Waals surface area (Å²) in [6.45, 7) is 0. The van der Waals surface area contributed by atoms with Crippen molar-refractivity contribution in [2.75, 3.05) is 0 Å². The van der Waals surface area contributed by atoms with Crippen molar-refractivity contribution >= 4 is 58.0 Å². The molecule has 0 rings (SSSR count). The first kappa shape index (κ1) is 18.8. The van der Waals surface area contributed by atoms with Gasteiger partial charge in [0, 0.05) is 0 Å². The topological polar surface area (TPSA) is 162 Å². The van der Waals surface area contributed by atoms with Crippen LogP contribution in [0, 0.1) is 21.3 Å². The van der Waals surface area contributed by atoms with E-state index in [1.54, 1.807) is 0 Å². The summed E-state index contributed by atoms with van der Waals surface area (Å²) in [7, 11) is -9.21. The van der Waals surface area contributed by atoms with E-state index in [2.05, 4.69) is 0 Å². The van der Waals surface area contributed by atoms with Crippen molar-refractivity contribution in [3.05, 3.63) is 0 Å². The van der Waals surface area contributed by atoms with E-state index in [9.17, 15) is 0 Å². The largest absolute Gasteiger partial charge is 2.00 e. The number of hydrogen-bond donors (Lipinski definition) is 0. The number of hydrogen-bond acceptors (Lipinski definition) is 8. The van der Waals surface area contributed by atoms with Crippen molar-refractivity contribution in [1.82, 2.24) is 0 Å². The summed E-state index contributed by atoms with van der Waals surface area (Å²) in [6, 6.07) is 0. The summed E-state index contributed by atoms with van der Waals surface area (Å²) in [5.41, 5.74) is 0. The van der Waals surface area contributed by atoms with Gasteiger partial charge in [0.15, 0.2) is 31.0 Å². The molecule has 8 nitrogen and oxygen atoms in total. The Morgan fingerprint density at radius 2 is 0.923 bits per heavy atom. The average Bonchev–Trinajstić information content (AvgIpc) is 1.86. The number of nitriles is 2. The third kappa shape index (κ3) is 33.2. The van der Waals surface area contributed by atoms with Crippen molar-refractivity contribution in [2.45, 2.75) is 0 Å². The molecule has 13 heavy (non-hydrogen) atoms. The molecule has 0 spiro atoms. The van der Waals surface area contributed by atoms with Crippen LogP contribution >= 0.6 is 0 Å². The van der Waals surface area contributed by atoms with Crippen molar-refractivity contribution in [2.24, 2.45) is 0 Å². The molecule has 11 heteroatoms. The fourth-order valence-corrected chi connectivity index (χ4v) is 0. The maximum Gasteiger partial charge on any atom is 2.00 e. The van der Waals surface area contributed by atoms with Gasteiger partial charge in [0.05, 0.1) is 0 Å². The quantitative estimate of drug-likeness (QED) is 0.200. The molecule has 0 fully saturated rings. The van der Waals surface area contributed by atoms with E-state index in [0.717, 1.165) is 0 Å². The minimum atomic E-state index is -4.61. The van der Waals surface area contributed by atoms with Crippen LogP contribution in [0.3, 0.4) is 0 Å². The molecule has 0 aromatic carbocycles. The first-order valence-electron chi connectivity index (χ1n) is 1.86. The minimum Gasteiger partial charge on any atom is -0.736 e. The number of rotatable bonds is 0. The minimum absolute atomic E-state index is 0. The Kier molecular flexibility index (Phi) is 10.8. The molecule has 0 N–H and O–H groups in total. The monoisotopic (exact) mass is 252 g/mol. The molecule has 0 aliphatic heterocycles. The van der Waals surface area contributed by atoms with Crippen LogP contribution in [0.25, 0.3) is 0 Å². The van der Waals surface area contributed by atoms with Gasteiger partial charge in [0.1, 0.15) is 0 Å². The SMILES string of the molecule is N#CS(=O)(=O)[O-].N#CS(=O)(=O)[O-].[Ca+2]. The van der Waals surface area contributed by atoms with Crippen LogP contribution in [0.15, 0.2) is 0 Å². The maximum absolute atomic E-state index is 9.08. The van der Waals surface area contributed by atoms with Crippen molar-refractivity contribution < 1.29 is 25.9 Å². The molecule has 0 aliphatic rings. The third-order valence-corrected chi connectivity index (χ3v) is 0.671. The standard InChI is InChI=1S/2CHNO3S.Ca/c2*2-1-6(3,4)5;/h2*(H,3,4,5);/q;;+2/p-2. The van der Waals surface area contributed by atoms with Gasteiger partial charge in [0.2, 0.25) is 0 Å². The molecule has 0 bridgehead atoms. The molecule has 0 unspecified atom stereocenters. The van der Waals surface area contributed by atoms with Crippen LogP contribution in [0.5, 0.6) is 0 Å². The summed E-state index contributed by atoms with van der Waals surface area (Å²) in [5, 5.41) is 15.5. The molecule has 0 aliphatic carbocycles. The Labute approximate surface area is 104 Å². The fraction of sp³-hybridized carbons (Fsp3) is 0. The van der Waals surface area contributed by atoms with Crippen LogP contribution in [0.2, 0.25) is 0 Å². The summed E-state index contributed by atoms with van der Waals surface area (Å²) < 4.78 is 54.5. The van der Waals surface area contributed by atoms with Crippen LogP contribution in [-0.2, 0) is 20.2 Å². The molecular weight excluding hydrogens is 252 g/mol. The van der Waals surface area contributed by atoms with E-state index in [4.69, 9.17) is 36.5 Å². The van der Waals surface area contributed by atoms with Gasteiger partial charge in [-0.1, -0.05) is 0 Å². The molecular formula is C2CaN2O6S2. The number of nitrogens with zero attached hydrogens (tertiary/aromatic N) is 2. The van der Waals surface area contributed by atoms with Gasteiger partial charge in [-0.05, 0) is 0 Å². The predicted octanol–water partition coefficient (Wildman–Crippen LogP) is -2.36. The first-order valence-corrected chi connectivity index (χ1v) is 4.67. The van der Waals surface area contributed by atoms with E-state index in [-0.39, 0.29) is 37.7 Å². The molecule has 0 aromatic heterocycles. The van der Waals surface area contributed by atoms with Crippen molar-refractivity contribution in [3.8, 4) is 10.8 Å². The maximum atomic E-state index is 9.08. The average molecular weight is 252 g/mol. The first-order chi connectivity index (χ1) is 5.12. The van der Waals surface area contributed by atoms with Gasteiger partial charge in [-0.25, -0.2) is 16.8 Å². The second-order valence-electron chi connectivity index (χ2n) is 1.09. The molecule has 0 heterocycles. The zero-order valence-corrected chi connectivity index (χ0v) is 9.71. The van der Waals surface area contributed by atoms with Gasteiger partial charge in [0.25, 0.3) is 0 Å². The van der Waals surface area contributed by atoms with Crippen LogP contribution < -0.4 is 0 Å². The zero-order valence-electron chi connectivity index (χ0n) is 5.87. The molecule has 0 saturated carbocycles. The summed E-state index contributed by atoms with van der Waals surface area (Å²) >= 11 is 0. The number of thiocyanates is 2. The van der Waals surface area contributed by atoms with Crippen LogP contribution in [0.4, 0.5) is 0 Å². The summed E-state index contributed by atoms with van der Waals surface area (Å²) in [5.74, 6) is 0. The van der Waals surface area contributed by atoms with Crippen LogP contribution in [-0.4, -0.2) is 63.7 Å². The van der Waals surface area contributed by atoms with E-state index in [0.29, 0.717) is 10.8 Å². The Balaban J connectivity index is -0.000000143. The molecule has 0 amide bonds. The smallest absolute Gasteiger partial charge is 0.736 e. The van der Waals surface area contributed by atoms with E-state index in [1.807, 2.05) is 0 Å². The third-order valence-electron chi connectivity index (χ3n) is 0.224. The van der Waals surface area contributed by atoms with Crippen molar-refractivity contribution in [3.63, 3.8) is 0 Å². The van der Waals surface area contributed by atoms with Crippen LogP contribution in [0.1, 0.15) is 0 Å². The zero-order chi connectivity index (χ0) is 10.4.